The number of carbonyl (C=O) groups is 1. The number of anilines is 1. The van der Waals surface area contributed by atoms with Crippen molar-refractivity contribution in [2.45, 2.75) is 38.5 Å². The molecule has 0 bridgehead atoms. The van der Waals surface area contributed by atoms with Gasteiger partial charge < -0.3 is 4.74 Å². The summed E-state index contributed by atoms with van der Waals surface area (Å²) in [6.07, 6.45) is 6.26. The average Bonchev–Trinajstić information content (AvgIpc) is 2.57. The Morgan fingerprint density at radius 2 is 1.61 bits per heavy atom. The van der Waals surface area contributed by atoms with Crippen molar-refractivity contribution in [3.63, 3.8) is 0 Å². The lowest BCUT2D eigenvalue weighted by Crippen LogP contribution is -2.14. The number of amides is 1. The summed E-state index contributed by atoms with van der Waals surface area (Å²) in [6.45, 7) is 0.464. The van der Waals surface area contributed by atoms with Gasteiger partial charge >= 0.3 is 6.09 Å². The Bertz CT molecular complexity index is 610. The maximum Gasteiger partial charge on any atom is 0.411 e. The minimum Gasteiger partial charge on any atom is -0.449 e. The molecule has 1 N–H and O–H groups in total. The molecule has 3 nitrogen and oxygen atoms in total. The third-order valence-electron chi connectivity index (χ3n) is 3.79. The van der Waals surface area contributed by atoms with Crippen LogP contribution in [0.1, 0.15) is 38.5 Å². The first-order chi connectivity index (χ1) is 11.3. The van der Waals surface area contributed by atoms with Crippen LogP contribution in [0.5, 0.6) is 0 Å². The van der Waals surface area contributed by atoms with Gasteiger partial charge in [-0.05, 0) is 24.3 Å². The van der Waals surface area contributed by atoms with Gasteiger partial charge in [0.05, 0.1) is 12.3 Å². The van der Waals surface area contributed by atoms with E-state index in [1.807, 2.05) is 42.5 Å². The fraction of sp³-hybridized carbons (Fsp3) is 0.421. The van der Waals surface area contributed by atoms with E-state index in [1.165, 1.54) is 19.3 Å². The van der Waals surface area contributed by atoms with Gasteiger partial charge in [-0.15, -0.1) is 11.6 Å². The molecule has 0 fully saturated rings. The van der Waals surface area contributed by atoms with Crippen LogP contribution in [0, 0.1) is 0 Å². The van der Waals surface area contributed by atoms with Crippen molar-refractivity contribution in [1.29, 1.82) is 0 Å². The van der Waals surface area contributed by atoms with E-state index in [-0.39, 0.29) is 6.09 Å². The standard InChI is InChI=1S/C19H24ClNO2/c20-14-7-3-1-2-4-8-15-23-19(22)21-18-13-9-11-16-10-5-6-12-17(16)18/h5-6,9-13H,1-4,7-8,14-15H2,(H,21,22). The van der Waals surface area contributed by atoms with Crippen molar-refractivity contribution in [3.8, 4) is 0 Å². The summed E-state index contributed by atoms with van der Waals surface area (Å²) in [5, 5.41) is 4.95. The van der Waals surface area contributed by atoms with Crippen molar-refractivity contribution in [2.75, 3.05) is 17.8 Å². The lowest BCUT2D eigenvalue weighted by molar-refractivity contribution is 0.159. The van der Waals surface area contributed by atoms with Gasteiger partial charge in [0.2, 0.25) is 0 Å². The summed E-state index contributed by atoms with van der Waals surface area (Å²) in [5.41, 5.74) is 0.786. The molecule has 2 rings (SSSR count). The zero-order chi connectivity index (χ0) is 16.3. The first-order valence-corrected chi connectivity index (χ1v) is 8.82. The lowest BCUT2D eigenvalue weighted by atomic mass is 10.1. The second kappa shape index (κ2) is 10.1. The van der Waals surface area contributed by atoms with E-state index in [2.05, 4.69) is 5.32 Å². The van der Waals surface area contributed by atoms with Crippen molar-refractivity contribution in [3.05, 3.63) is 42.5 Å². The summed E-state index contributed by atoms with van der Waals surface area (Å²) < 4.78 is 5.25. The van der Waals surface area contributed by atoms with Crippen LogP contribution in [0.25, 0.3) is 10.8 Å². The average molecular weight is 334 g/mol. The molecule has 0 aliphatic heterocycles. The van der Waals surface area contributed by atoms with Crippen molar-refractivity contribution < 1.29 is 9.53 Å². The predicted molar refractivity (Wildman–Crippen MR) is 97.3 cm³/mol. The molecule has 0 saturated carbocycles. The molecule has 0 aliphatic rings. The van der Waals surface area contributed by atoms with Crippen LogP contribution in [0.4, 0.5) is 10.5 Å². The maximum atomic E-state index is 11.9. The Balaban J connectivity index is 1.68. The minimum absolute atomic E-state index is 0.386. The molecule has 0 atom stereocenters. The highest BCUT2D eigenvalue weighted by atomic mass is 35.5. The molecular formula is C19H24ClNO2. The molecule has 124 valence electrons. The monoisotopic (exact) mass is 333 g/mol. The zero-order valence-electron chi connectivity index (χ0n) is 13.4. The molecule has 0 unspecified atom stereocenters. The molecule has 4 heteroatoms. The second-order valence-electron chi connectivity index (χ2n) is 5.60. The first kappa shape index (κ1) is 17.6. The van der Waals surface area contributed by atoms with E-state index in [0.717, 1.165) is 41.6 Å². The fourth-order valence-corrected chi connectivity index (χ4v) is 2.74. The number of fused-ring (bicyclic) bond motifs is 1. The van der Waals surface area contributed by atoms with Gasteiger partial charge in [-0.1, -0.05) is 62.1 Å². The molecule has 0 aromatic heterocycles. The third-order valence-corrected chi connectivity index (χ3v) is 4.05. The van der Waals surface area contributed by atoms with E-state index >= 15 is 0 Å². The van der Waals surface area contributed by atoms with Crippen LogP contribution in [0.15, 0.2) is 42.5 Å². The third kappa shape index (κ3) is 6.11. The molecule has 0 saturated heterocycles. The highest BCUT2D eigenvalue weighted by molar-refractivity contribution is 6.17. The molecule has 0 heterocycles. The Morgan fingerprint density at radius 1 is 0.913 bits per heavy atom. The molecule has 0 radical (unpaired) electrons. The maximum absolute atomic E-state index is 11.9. The second-order valence-corrected chi connectivity index (χ2v) is 5.98. The van der Waals surface area contributed by atoms with E-state index in [9.17, 15) is 4.79 Å². The quantitative estimate of drug-likeness (QED) is 0.453. The number of unbranched alkanes of at least 4 members (excludes halogenated alkanes) is 5. The van der Waals surface area contributed by atoms with Crippen molar-refractivity contribution in [1.82, 2.24) is 0 Å². The fourth-order valence-electron chi connectivity index (χ4n) is 2.55. The van der Waals surface area contributed by atoms with Gasteiger partial charge in [0.15, 0.2) is 0 Å². The summed E-state index contributed by atoms with van der Waals surface area (Å²) in [5.74, 6) is 0.747. The normalized spacial score (nSPS) is 10.7. The largest absolute Gasteiger partial charge is 0.449 e. The number of rotatable bonds is 9. The smallest absolute Gasteiger partial charge is 0.411 e. The van der Waals surface area contributed by atoms with Gasteiger partial charge in [-0.2, -0.15) is 0 Å². The Hall–Kier alpha value is -1.74. The summed E-state index contributed by atoms with van der Waals surface area (Å²) in [7, 11) is 0. The summed E-state index contributed by atoms with van der Waals surface area (Å²) in [6, 6.07) is 13.8. The van der Waals surface area contributed by atoms with Gasteiger partial charge in [0, 0.05) is 11.3 Å². The highest BCUT2D eigenvalue weighted by Gasteiger charge is 2.06. The number of hydrogen-bond acceptors (Lipinski definition) is 2. The predicted octanol–water partition coefficient (Wildman–Crippen LogP) is 5.97. The molecule has 23 heavy (non-hydrogen) atoms. The minimum atomic E-state index is -0.386. The molecule has 0 spiro atoms. The molecule has 1 amide bonds. The molecule has 0 aliphatic carbocycles. The van der Waals surface area contributed by atoms with Crippen LogP contribution in [0.3, 0.4) is 0 Å². The Kier molecular flexibility index (Phi) is 7.74. The SMILES string of the molecule is O=C(Nc1cccc2ccccc12)OCCCCCCCCCl. The van der Waals surface area contributed by atoms with Gasteiger partial charge in [-0.3, -0.25) is 5.32 Å². The van der Waals surface area contributed by atoms with E-state index in [1.54, 1.807) is 0 Å². The summed E-state index contributed by atoms with van der Waals surface area (Å²) in [4.78, 5) is 11.9. The van der Waals surface area contributed by atoms with Crippen LogP contribution >= 0.6 is 11.6 Å². The number of alkyl halides is 1. The lowest BCUT2D eigenvalue weighted by Gasteiger charge is -2.09. The number of benzene rings is 2. The zero-order valence-corrected chi connectivity index (χ0v) is 14.1. The van der Waals surface area contributed by atoms with E-state index < -0.39 is 0 Å². The molecule has 2 aromatic carbocycles. The van der Waals surface area contributed by atoms with Gasteiger partial charge in [-0.25, -0.2) is 4.79 Å². The van der Waals surface area contributed by atoms with Crippen LogP contribution < -0.4 is 5.32 Å². The van der Waals surface area contributed by atoms with Crippen molar-refractivity contribution in [2.24, 2.45) is 0 Å². The van der Waals surface area contributed by atoms with E-state index in [4.69, 9.17) is 16.3 Å². The summed E-state index contributed by atoms with van der Waals surface area (Å²) >= 11 is 5.64. The number of halogens is 1. The van der Waals surface area contributed by atoms with E-state index in [0.29, 0.717) is 6.61 Å². The number of nitrogens with one attached hydrogen (secondary N) is 1. The first-order valence-electron chi connectivity index (χ1n) is 8.29. The Labute approximate surface area is 143 Å². The number of ether oxygens (including phenoxy) is 1. The topological polar surface area (TPSA) is 38.3 Å². The van der Waals surface area contributed by atoms with Crippen LogP contribution in [-0.2, 0) is 4.74 Å². The van der Waals surface area contributed by atoms with Gasteiger partial charge in [0.1, 0.15) is 0 Å². The van der Waals surface area contributed by atoms with Crippen molar-refractivity contribution >= 4 is 34.2 Å². The van der Waals surface area contributed by atoms with Gasteiger partial charge in [0.25, 0.3) is 0 Å². The molecular weight excluding hydrogens is 310 g/mol. The van der Waals surface area contributed by atoms with Crippen LogP contribution in [-0.4, -0.2) is 18.6 Å². The Morgan fingerprint density at radius 3 is 2.43 bits per heavy atom. The highest BCUT2D eigenvalue weighted by Crippen LogP contribution is 2.23. The molecule has 2 aromatic rings. The van der Waals surface area contributed by atoms with Crippen LogP contribution in [0.2, 0.25) is 0 Å². The number of carbonyl (C=O) groups excluding carboxylic acids is 1. The number of hydrogen-bond donors (Lipinski definition) is 1.